The van der Waals surface area contributed by atoms with E-state index in [1.165, 1.54) is 5.69 Å². The summed E-state index contributed by atoms with van der Waals surface area (Å²) in [5.41, 5.74) is 1.31. The number of rotatable bonds is 8. The predicted octanol–water partition coefficient (Wildman–Crippen LogP) is 0.894. The Morgan fingerprint density at radius 2 is 2.19 bits per heavy atom. The molecule has 0 spiro atoms. The third kappa shape index (κ3) is 4.33. The average Bonchev–Trinajstić information content (AvgIpc) is 2.69. The summed E-state index contributed by atoms with van der Waals surface area (Å²) >= 11 is 0. The SMILES string of the molecule is CCNCCN(CC)CCc1ccnn1C. The molecule has 0 unspecified atom stereocenters. The Morgan fingerprint density at radius 1 is 1.38 bits per heavy atom. The maximum atomic E-state index is 4.18. The Morgan fingerprint density at radius 3 is 2.75 bits per heavy atom. The van der Waals surface area contributed by atoms with Crippen molar-refractivity contribution in [2.45, 2.75) is 20.3 Å². The molecule has 0 aliphatic rings. The highest BCUT2D eigenvalue weighted by Gasteiger charge is 2.04. The first-order valence-corrected chi connectivity index (χ1v) is 6.17. The zero-order valence-corrected chi connectivity index (χ0v) is 10.7. The van der Waals surface area contributed by atoms with Crippen LogP contribution in [-0.4, -0.2) is 47.4 Å². The first-order valence-electron chi connectivity index (χ1n) is 6.17. The van der Waals surface area contributed by atoms with Crippen molar-refractivity contribution in [3.8, 4) is 0 Å². The number of aromatic nitrogens is 2. The van der Waals surface area contributed by atoms with Gasteiger partial charge in [-0.2, -0.15) is 5.10 Å². The van der Waals surface area contributed by atoms with Gasteiger partial charge in [0.15, 0.2) is 0 Å². The molecule has 0 saturated carbocycles. The Hall–Kier alpha value is -0.870. The lowest BCUT2D eigenvalue weighted by molar-refractivity contribution is 0.289. The minimum atomic E-state index is 1.05. The molecule has 1 heterocycles. The van der Waals surface area contributed by atoms with Gasteiger partial charge in [-0.3, -0.25) is 4.68 Å². The molecule has 0 bridgehead atoms. The van der Waals surface area contributed by atoms with E-state index in [1.54, 1.807) is 0 Å². The molecule has 1 aromatic rings. The van der Waals surface area contributed by atoms with Gasteiger partial charge < -0.3 is 10.2 Å². The van der Waals surface area contributed by atoms with Gasteiger partial charge in [-0.05, 0) is 19.2 Å². The smallest absolute Gasteiger partial charge is 0.0492 e. The second-order valence-electron chi connectivity index (χ2n) is 3.98. The molecule has 0 fully saturated rings. The van der Waals surface area contributed by atoms with Gasteiger partial charge in [0.1, 0.15) is 0 Å². The number of hydrogen-bond donors (Lipinski definition) is 1. The van der Waals surface area contributed by atoms with Crippen molar-refractivity contribution >= 4 is 0 Å². The minimum absolute atomic E-state index is 1.05. The van der Waals surface area contributed by atoms with Gasteiger partial charge in [0, 0.05) is 45.0 Å². The van der Waals surface area contributed by atoms with Crippen molar-refractivity contribution in [1.82, 2.24) is 20.0 Å². The first-order chi connectivity index (χ1) is 7.77. The molecule has 4 nitrogen and oxygen atoms in total. The maximum Gasteiger partial charge on any atom is 0.0492 e. The number of nitrogens with zero attached hydrogens (tertiary/aromatic N) is 3. The summed E-state index contributed by atoms with van der Waals surface area (Å²) in [7, 11) is 2.00. The summed E-state index contributed by atoms with van der Waals surface area (Å²) in [5.74, 6) is 0. The number of hydrogen-bond acceptors (Lipinski definition) is 3. The Kier molecular flexibility index (Phi) is 6.11. The fraction of sp³-hybridized carbons (Fsp3) is 0.750. The molecule has 4 heteroatoms. The summed E-state index contributed by atoms with van der Waals surface area (Å²) < 4.78 is 1.96. The van der Waals surface area contributed by atoms with Crippen LogP contribution < -0.4 is 5.32 Å². The van der Waals surface area contributed by atoms with Crippen molar-refractivity contribution in [1.29, 1.82) is 0 Å². The van der Waals surface area contributed by atoms with E-state index in [0.717, 1.165) is 39.1 Å². The van der Waals surface area contributed by atoms with Crippen molar-refractivity contribution in [2.75, 3.05) is 32.7 Å². The van der Waals surface area contributed by atoms with Gasteiger partial charge in [-0.15, -0.1) is 0 Å². The van der Waals surface area contributed by atoms with E-state index >= 15 is 0 Å². The van der Waals surface area contributed by atoms with Crippen molar-refractivity contribution in [2.24, 2.45) is 7.05 Å². The van der Waals surface area contributed by atoms with Crippen LogP contribution in [0.3, 0.4) is 0 Å². The lowest BCUT2D eigenvalue weighted by Crippen LogP contribution is -2.33. The molecule has 1 rings (SSSR count). The standard InChI is InChI=1S/C12H24N4/c1-4-13-9-11-16(5-2)10-7-12-6-8-14-15(12)3/h6,8,13H,4-5,7,9-11H2,1-3H3. The Balaban J connectivity index is 2.26. The second-order valence-corrected chi connectivity index (χ2v) is 3.98. The number of nitrogens with one attached hydrogen (secondary N) is 1. The van der Waals surface area contributed by atoms with Gasteiger partial charge in [-0.1, -0.05) is 13.8 Å². The van der Waals surface area contributed by atoms with Crippen LogP contribution in [-0.2, 0) is 13.5 Å². The van der Waals surface area contributed by atoms with Crippen LogP contribution in [0.5, 0.6) is 0 Å². The third-order valence-corrected chi connectivity index (χ3v) is 2.91. The van der Waals surface area contributed by atoms with Gasteiger partial charge in [0.05, 0.1) is 0 Å². The normalized spacial score (nSPS) is 11.2. The highest BCUT2D eigenvalue weighted by molar-refractivity contribution is 5.00. The summed E-state index contributed by atoms with van der Waals surface area (Å²) in [5, 5.41) is 7.54. The van der Waals surface area contributed by atoms with E-state index in [0.29, 0.717) is 0 Å². The molecular formula is C12H24N4. The molecule has 0 amide bonds. The van der Waals surface area contributed by atoms with E-state index in [1.807, 2.05) is 17.9 Å². The highest BCUT2D eigenvalue weighted by atomic mass is 15.3. The Labute approximate surface area is 98.6 Å². The molecule has 0 saturated heterocycles. The van der Waals surface area contributed by atoms with E-state index in [4.69, 9.17) is 0 Å². The van der Waals surface area contributed by atoms with E-state index in [-0.39, 0.29) is 0 Å². The maximum absolute atomic E-state index is 4.18. The molecule has 0 radical (unpaired) electrons. The van der Waals surface area contributed by atoms with Crippen LogP contribution in [0.1, 0.15) is 19.5 Å². The monoisotopic (exact) mass is 224 g/mol. The molecule has 0 atom stereocenters. The van der Waals surface area contributed by atoms with Crippen molar-refractivity contribution in [3.63, 3.8) is 0 Å². The molecule has 92 valence electrons. The van der Waals surface area contributed by atoms with E-state index in [9.17, 15) is 0 Å². The van der Waals surface area contributed by atoms with E-state index < -0.39 is 0 Å². The summed E-state index contributed by atoms with van der Waals surface area (Å²) in [6.07, 6.45) is 2.95. The molecular weight excluding hydrogens is 200 g/mol. The molecule has 0 aromatic carbocycles. The molecule has 0 aliphatic heterocycles. The fourth-order valence-corrected chi connectivity index (χ4v) is 1.76. The number of likely N-dealkylation sites (N-methyl/N-ethyl adjacent to an activating group) is 2. The average molecular weight is 224 g/mol. The third-order valence-electron chi connectivity index (χ3n) is 2.91. The van der Waals surface area contributed by atoms with Gasteiger partial charge >= 0.3 is 0 Å². The second kappa shape index (κ2) is 7.41. The molecule has 1 aromatic heterocycles. The lowest BCUT2D eigenvalue weighted by atomic mass is 10.3. The van der Waals surface area contributed by atoms with Crippen LogP contribution in [0.2, 0.25) is 0 Å². The molecule has 16 heavy (non-hydrogen) atoms. The topological polar surface area (TPSA) is 33.1 Å². The van der Waals surface area contributed by atoms with Crippen LogP contribution in [0.25, 0.3) is 0 Å². The quantitative estimate of drug-likeness (QED) is 0.666. The zero-order valence-electron chi connectivity index (χ0n) is 10.7. The van der Waals surface area contributed by atoms with Gasteiger partial charge in [-0.25, -0.2) is 0 Å². The van der Waals surface area contributed by atoms with Gasteiger partial charge in [0.25, 0.3) is 0 Å². The number of aryl methyl sites for hydroxylation is 1. The van der Waals surface area contributed by atoms with Crippen LogP contribution in [0.15, 0.2) is 12.3 Å². The van der Waals surface area contributed by atoms with E-state index in [2.05, 4.69) is 35.2 Å². The molecule has 0 aliphatic carbocycles. The first kappa shape index (κ1) is 13.2. The van der Waals surface area contributed by atoms with Crippen LogP contribution >= 0.6 is 0 Å². The van der Waals surface area contributed by atoms with Crippen LogP contribution in [0.4, 0.5) is 0 Å². The lowest BCUT2D eigenvalue weighted by Gasteiger charge is -2.20. The summed E-state index contributed by atoms with van der Waals surface area (Å²) in [4.78, 5) is 2.47. The fourth-order valence-electron chi connectivity index (χ4n) is 1.76. The summed E-state index contributed by atoms with van der Waals surface area (Å²) in [6, 6.07) is 2.10. The van der Waals surface area contributed by atoms with Crippen LogP contribution in [0, 0.1) is 0 Å². The minimum Gasteiger partial charge on any atom is -0.316 e. The predicted molar refractivity (Wildman–Crippen MR) is 67.6 cm³/mol. The van der Waals surface area contributed by atoms with Gasteiger partial charge in [0.2, 0.25) is 0 Å². The molecule has 1 N–H and O–H groups in total. The van der Waals surface area contributed by atoms with Crippen molar-refractivity contribution in [3.05, 3.63) is 18.0 Å². The zero-order chi connectivity index (χ0) is 11.8. The van der Waals surface area contributed by atoms with Crippen molar-refractivity contribution < 1.29 is 0 Å². The summed E-state index contributed by atoms with van der Waals surface area (Å²) in [6.45, 7) is 9.85. The highest BCUT2D eigenvalue weighted by Crippen LogP contribution is 1.99. The largest absolute Gasteiger partial charge is 0.316 e. The Bertz CT molecular complexity index is 282.